The zero-order valence-electron chi connectivity index (χ0n) is 11.2. The lowest BCUT2D eigenvalue weighted by Crippen LogP contribution is -2.63. The van der Waals surface area contributed by atoms with Crippen LogP contribution in [0.2, 0.25) is 0 Å². The van der Waals surface area contributed by atoms with Gasteiger partial charge in [0.2, 0.25) is 0 Å². The third-order valence-corrected chi connectivity index (χ3v) is 4.23. The van der Waals surface area contributed by atoms with Gasteiger partial charge in [-0.1, -0.05) is 13.8 Å². The fraction of sp³-hybridized carbons (Fsp3) is 1.00. The van der Waals surface area contributed by atoms with Gasteiger partial charge >= 0.3 is 0 Å². The second-order valence-corrected chi connectivity index (χ2v) is 4.60. The highest BCUT2D eigenvalue weighted by atomic mass is 16.5. The van der Waals surface area contributed by atoms with Gasteiger partial charge in [-0.25, -0.2) is 0 Å². The van der Waals surface area contributed by atoms with Crippen LogP contribution in [0.1, 0.15) is 40.0 Å². The lowest BCUT2D eigenvalue weighted by atomic mass is 9.58. The largest absolute Gasteiger partial charge is 0.381 e. The number of methoxy groups -OCH3 is 1. The standard InChI is InChI=1S/C13H27NO2/c1-5-13(6-2)11(10-12(13)15-4)14-8-9-16-7-3/h11-12,14H,5-10H2,1-4H3. The summed E-state index contributed by atoms with van der Waals surface area (Å²) >= 11 is 0. The summed E-state index contributed by atoms with van der Waals surface area (Å²) in [7, 11) is 1.83. The summed E-state index contributed by atoms with van der Waals surface area (Å²) in [6.07, 6.45) is 3.96. The van der Waals surface area contributed by atoms with Crippen LogP contribution >= 0.6 is 0 Å². The molecule has 0 aliphatic heterocycles. The van der Waals surface area contributed by atoms with Crippen molar-refractivity contribution < 1.29 is 9.47 Å². The van der Waals surface area contributed by atoms with E-state index in [9.17, 15) is 0 Å². The average molecular weight is 229 g/mol. The van der Waals surface area contributed by atoms with Crippen molar-refractivity contribution >= 4 is 0 Å². The van der Waals surface area contributed by atoms with Gasteiger partial charge in [0, 0.05) is 31.7 Å². The molecule has 1 aliphatic rings. The Morgan fingerprint density at radius 3 is 2.44 bits per heavy atom. The first kappa shape index (κ1) is 13.9. The van der Waals surface area contributed by atoms with Gasteiger partial charge in [-0.3, -0.25) is 0 Å². The van der Waals surface area contributed by atoms with Crippen LogP contribution in [-0.2, 0) is 9.47 Å². The Labute approximate surface area is 99.9 Å². The van der Waals surface area contributed by atoms with E-state index in [1.807, 2.05) is 14.0 Å². The summed E-state index contributed by atoms with van der Waals surface area (Å²) in [5, 5.41) is 3.61. The number of rotatable bonds is 8. The summed E-state index contributed by atoms with van der Waals surface area (Å²) in [6.45, 7) is 9.15. The third kappa shape index (κ3) is 2.58. The predicted octanol–water partition coefficient (Wildman–Crippen LogP) is 2.21. The molecule has 96 valence electrons. The van der Waals surface area contributed by atoms with Gasteiger partial charge in [0.15, 0.2) is 0 Å². The van der Waals surface area contributed by atoms with Crippen LogP contribution in [0, 0.1) is 5.41 Å². The van der Waals surface area contributed by atoms with E-state index in [4.69, 9.17) is 9.47 Å². The Bertz CT molecular complexity index is 192. The molecule has 2 unspecified atom stereocenters. The van der Waals surface area contributed by atoms with Crippen LogP contribution in [0.15, 0.2) is 0 Å². The number of hydrogen-bond donors (Lipinski definition) is 1. The maximum atomic E-state index is 5.57. The van der Waals surface area contributed by atoms with Gasteiger partial charge in [-0.2, -0.15) is 0 Å². The van der Waals surface area contributed by atoms with Crippen LogP contribution in [0.25, 0.3) is 0 Å². The second-order valence-electron chi connectivity index (χ2n) is 4.60. The van der Waals surface area contributed by atoms with Crippen LogP contribution in [0.4, 0.5) is 0 Å². The van der Waals surface area contributed by atoms with Crippen molar-refractivity contribution in [2.75, 3.05) is 26.9 Å². The molecule has 0 amide bonds. The molecule has 0 aromatic rings. The summed E-state index contributed by atoms with van der Waals surface area (Å²) in [5.74, 6) is 0. The molecule has 0 aromatic heterocycles. The number of hydrogen-bond acceptors (Lipinski definition) is 3. The van der Waals surface area contributed by atoms with Crippen molar-refractivity contribution in [1.82, 2.24) is 5.32 Å². The van der Waals surface area contributed by atoms with E-state index >= 15 is 0 Å². The quantitative estimate of drug-likeness (QED) is 0.647. The van der Waals surface area contributed by atoms with E-state index in [2.05, 4.69) is 19.2 Å². The van der Waals surface area contributed by atoms with Crippen molar-refractivity contribution in [3.05, 3.63) is 0 Å². The first-order chi connectivity index (χ1) is 7.75. The number of nitrogens with one attached hydrogen (secondary N) is 1. The zero-order chi connectivity index (χ0) is 12.0. The molecule has 3 heteroatoms. The molecule has 2 atom stereocenters. The van der Waals surface area contributed by atoms with Crippen LogP contribution in [0.5, 0.6) is 0 Å². The highest BCUT2D eigenvalue weighted by molar-refractivity contribution is 5.06. The third-order valence-electron chi connectivity index (χ3n) is 4.23. The first-order valence-corrected chi connectivity index (χ1v) is 6.59. The van der Waals surface area contributed by atoms with Gasteiger partial charge in [0.25, 0.3) is 0 Å². The van der Waals surface area contributed by atoms with E-state index in [1.54, 1.807) is 0 Å². The molecule has 16 heavy (non-hydrogen) atoms. The molecule has 1 rings (SSSR count). The topological polar surface area (TPSA) is 30.5 Å². The molecular weight excluding hydrogens is 202 g/mol. The van der Waals surface area contributed by atoms with E-state index in [0.29, 0.717) is 17.6 Å². The van der Waals surface area contributed by atoms with E-state index in [0.717, 1.165) is 26.2 Å². The zero-order valence-corrected chi connectivity index (χ0v) is 11.2. The second kappa shape index (κ2) is 6.58. The first-order valence-electron chi connectivity index (χ1n) is 6.59. The highest BCUT2D eigenvalue weighted by Gasteiger charge is 2.52. The fourth-order valence-corrected chi connectivity index (χ4v) is 3.01. The molecule has 1 saturated carbocycles. The molecule has 1 aliphatic carbocycles. The molecule has 0 heterocycles. The summed E-state index contributed by atoms with van der Waals surface area (Å²) in [4.78, 5) is 0. The summed E-state index contributed by atoms with van der Waals surface area (Å²) in [6, 6.07) is 0.605. The Balaban J connectivity index is 2.37. The van der Waals surface area contributed by atoms with Gasteiger partial charge in [-0.15, -0.1) is 0 Å². The lowest BCUT2D eigenvalue weighted by Gasteiger charge is -2.55. The molecule has 0 aromatic carbocycles. The van der Waals surface area contributed by atoms with Crippen LogP contribution in [0.3, 0.4) is 0 Å². The predicted molar refractivity (Wildman–Crippen MR) is 66.7 cm³/mol. The highest BCUT2D eigenvalue weighted by Crippen LogP contribution is 2.48. The molecule has 0 bridgehead atoms. The maximum Gasteiger partial charge on any atom is 0.0657 e. The molecule has 1 N–H and O–H groups in total. The Kier molecular flexibility index (Phi) is 5.73. The van der Waals surface area contributed by atoms with Crippen molar-refractivity contribution in [2.45, 2.75) is 52.2 Å². The van der Waals surface area contributed by atoms with Crippen molar-refractivity contribution in [3.63, 3.8) is 0 Å². The van der Waals surface area contributed by atoms with Crippen LogP contribution in [-0.4, -0.2) is 39.0 Å². The van der Waals surface area contributed by atoms with Crippen molar-refractivity contribution in [2.24, 2.45) is 5.41 Å². The SMILES string of the molecule is CCOCCNC1CC(OC)C1(CC)CC. The molecule has 0 radical (unpaired) electrons. The van der Waals surface area contributed by atoms with Gasteiger partial charge < -0.3 is 14.8 Å². The minimum absolute atomic E-state index is 0.348. The monoisotopic (exact) mass is 229 g/mol. The van der Waals surface area contributed by atoms with Gasteiger partial charge in [0.1, 0.15) is 0 Å². The summed E-state index contributed by atoms with van der Waals surface area (Å²) in [5.41, 5.74) is 0.348. The molecular formula is C13H27NO2. The van der Waals surface area contributed by atoms with Gasteiger partial charge in [-0.05, 0) is 26.2 Å². The maximum absolute atomic E-state index is 5.57. The smallest absolute Gasteiger partial charge is 0.0657 e. The minimum Gasteiger partial charge on any atom is -0.381 e. The fourth-order valence-electron chi connectivity index (χ4n) is 3.01. The van der Waals surface area contributed by atoms with Crippen molar-refractivity contribution in [1.29, 1.82) is 0 Å². The van der Waals surface area contributed by atoms with Crippen LogP contribution < -0.4 is 5.32 Å². The molecule has 3 nitrogen and oxygen atoms in total. The van der Waals surface area contributed by atoms with E-state index < -0.39 is 0 Å². The Morgan fingerprint density at radius 1 is 1.25 bits per heavy atom. The van der Waals surface area contributed by atoms with Gasteiger partial charge in [0.05, 0.1) is 12.7 Å². The molecule has 0 spiro atoms. The minimum atomic E-state index is 0.348. The summed E-state index contributed by atoms with van der Waals surface area (Å²) < 4.78 is 10.9. The molecule has 0 saturated heterocycles. The van der Waals surface area contributed by atoms with E-state index in [-0.39, 0.29) is 0 Å². The van der Waals surface area contributed by atoms with Crippen molar-refractivity contribution in [3.8, 4) is 0 Å². The lowest BCUT2D eigenvalue weighted by molar-refractivity contribution is -0.124. The Morgan fingerprint density at radius 2 is 1.94 bits per heavy atom. The van der Waals surface area contributed by atoms with E-state index in [1.165, 1.54) is 12.8 Å². The normalized spacial score (nSPS) is 27.8. The molecule has 1 fully saturated rings. The number of ether oxygens (including phenoxy) is 2. The Hall–Kier alpha value is -0.120. The average Bonchev–Trinajstić information content (AvgIpc) is 2.29.